The lowest BCUT2D eigenvalue weighted by Gasteiger charge is -2.26. The van der Waals surface area contributed by atoms with Crippen molar-refractivity contribution in [3.8, 4) is 0 Å². The van der Waals surface area contributed by atoms with Gasteiger partial charge in [0.15, 0.2) is 0 Å². The van der Waals surface area contributed by atoms with E-state index in [2.05, 4.69) is 15.5 Å². The van der Waals surface area contributed by atoms with Gasteiger partial charge in [-0.15, -0.1) is 0 Å². The van der Waals surface area contributed by atoms with Gasteiger partial charge in [-0.25, -0.2) is 4.79 Å². The maximum absolute atomic E-state index is 11.8. The van der Waals surface area contributed by atoms with Gasteiger partial charge in [0.2, 0.25) is 0 Å². The molecule has 0 unspecified atom stereocenters. The summed E-state index contributed by atoms with van der Waals surface area (Å²) >= 11 is 12.0. The van der Waals surface area contributed by atoms with Gasteiger partial charge in [-0.3, -0.25) is 4.90 Å². The van der Waals surface area contributed by atoms with Crippen LogP contribution >= 0.6 is 23.2 Å². The molecule has 1 aromatic rings. The molecule has 1 fully saturated rings. The molecule has 0 aliphatic carbocycles. The Kier molecular flexibility index (Phi) is 5.91. The van der Waals surface area contributed by atoms with Crippen molar-refractivity contribution >= 4 is 34.9 Å². The summed E-state index contributed by atoms with van der Waals surface area (Å²) in [7, 11) is 0. The second kappa shape index (κ2) is 7.69. The first-order chi connectivity index (χ1) is 9.66. The standard InChI is InChI=1S/C13H17Cl2N3O2/c14-10-2-1-3-11(15)12(10)17-13(19)16-4-5-18-6-8-20-9-7-18/h1-3H,4-9H2,(H2,16,17,19). The highest BCUT2D eigenvalue weighted by Crippen LogP contribution is 2.29. The highest BCUT2D eigenvalue weighted by Gasteiger charge is 2.11. The van der Waals surface area contributed by atoms with Crippen molar-refractivity contribution < 1.29 is 9.53 Å². The van der Waals surface area contributed by atoms with Crippen LogP contribution in [0.5, 0.6) is 0 Å². The van der Waals surface area contributed by atoms with E-state index in [-0.39, 0.29) is 6.03 Å². The number of anilines is 1. The van der Waals surface area contributed by atoms with Crippen LogP contribution in [-0.4, -0.2) is 50.3 Å². The normalized spacial score (nSPS) is 15.9. The van der Waals surface area contributed by atoms with Gasteiger partial charge in [-0.2, -0.15) is 0 Å². The van der Waals surface area contributed by atoms with Crippen LogP contribution in [0.1, 0.15) is 0 Å². The number of halogens is 2. The summed E-state index contributed by atoms with van der Waals surface area (Å²) < 4.78 is 5.26. The number of benzene rings is 1. The average molecular weight is 318 g/mol. The Bertz CT molecular complexity index is 445. The van der Waals surface area contributed by atoms with Gasteiger partial charge in [-0.05, 0) is 12.1 Å². The summed E-state index contributed by atoms with van der Waals surface area (Å²) in [6.45, 7) is 4.67. The molecule has 1 aliphatic heterocycles. The molecule has 1 aromatic carbocycles. The van der Waals surface area contributed by atoms with Crippen molar-refractivity contribution in [2.75, 3.05) is 44.7 Å². The van der Waals surface area contributed by atoms with Crippen molar-refractivity contribution in [2.45, 2.75) is 0 Å². The maximum atomic E-state index is 11.8. The molecule has 2 amide bonds. The predicted molar refractivity (Wildman–Crippen MR) is 80.7 cm³/mol. The molecule has 110 valence electrons. The number of hydrogen-bond acceptors (Lipinski definition) is 3. The number of urea groups is 1. The third-order valence-electron chi connectivity index (χ3n) is 3.02. The molecular weight excluding hydrogens is 301 g/mol. The van der Waals surface area contributed by atoms with Crippen LogP contribution < -0.4 is 10.6 Å². The lowest BCUT2D eigenvalue weighted by Crippen LogP contribution is -2.42. The van der Waals surface area contributed by atoms with E-state index in [4.69, 9.17) is 27.9 Å². The van der Waals surface area contributed by atoms with E-state index in [1.165, 1.54) is 0 Å². The van der Waals surface area contributed by atoms with Gasteiger partial charge in [0, 0.05) is 26.2 Å². The molecule has 0 atom stereocenters. The van der Waals surface area contributed by atoms with Gasteiger partial charge >= 0.3 is 6.03 Å². The minimum absolute atomic E-state index is 0.312. The van der Waals surface area contributed by atoms with Gasteiger partial charge in [0.1, 0.15) is 0 Å². The minimum atomic E-state index is -0.312. The number of amides is 2. The van der Waals surface area contributed by atoms with Crippen molar-refractivity contribution in [3.63, 3.8) is 0 Å². The highest BCUT2D eigenvalue weighted by atomic mass is 35.5. The summed E-state index contributed by atoms with van der Waals surface area (Å²) in [5.74, 6) is 0. The molecule has 0 spiro atoms. The van der Waals surface area contributed by atoms with Crippen LogP contribution in [0, 0.1) is 0 Å². The van der Waals surface area contributed by atoms with Crippen molar-refractivity contribution in [3.05, 3.63) is 28.2 Å². The third-order valence-corrected chi connectivity index (χ3v) is 3.65. The summed E-state index contributed by atoms with van der Waals surface area (Å²) in [6, 6.07) is 4.77. The Morgan fingerprint density at radius 2 is 1.90 bits per heavy atom. The molecule has 0 saturated carbocycles. The van der Waals surface area contributed by atoms with Gasteiger partial charge in [0.05, 0.1) is 28.9 Å². The summed E-state index contributed by atoms with van der Waals surface area (Å²) in [5, 5.41) is 6.28. The smallest absolute Gasteiger partial charge is 0.319 e. The number of carbonyl (C=O) groups is 1. The minimum Gasteiger partial charge on any atom is -0.379 e. The first-order valence-corrected chi connectivity index (χ1v) is 7.21. The zero-order valence-electron chi connectivity index (χ0n) is 11.0. The average Bonchev–Trinajstić information content (AvgIpc) is 2.44. The zero-order valence-corrected chi connectivity index (χ0v) is 12.5. The molecule has 1 saturated heterocycles. The number of rotatable bonds is 4. The zero-order chi connectivity index (χ0) is 14.4. The topological polar surface area (TPSA) is 53.6 Å². The molecule has 5 nitrogen and oxygen atoms in total. The van der Waals surface area contributed by atoms with Crippen LogP contribution in [0.3, 0.4) is 0 Å². The van der Waals surface area contributed by atoms with E-state index < -0.39 is 0 Å². The Hall–Kier alpha value is -1.01. The molecule has 1 heterocycles. The third kappa shape index (κ3) is 4.52. The number of para-hydroxylation sites is 1. The number of ether oxygens (including phenoxy) is 1. The Balaban J connectivity index is 1.75. The second-order valence-corrected chi connectivity index (χ2v) is 5.25. The van der Waals surface area contributed by atoms with Crippen LogP contribution in [-0.2, 0) is 4.74 Å². The van der Waals surface area contributed by atoms with Crippen LogP contribution in [0.4, 0.5) is 10.5 Å². The number of morpholine rings is 1. The van der Waals surface area contributed by atoms with E-state index >= 15 is 0 Å². The molecule has 0 radical (unpaired) electrons. The maximum Gasteiger partial charge on any atom is 0.319 e. The number of nitrogens with zero attached hydrogens (tertiary/aromatic N) is 1. The largest absolute Gasteiger partial charge is 0.379 e. The van der Waals surface area contributed by atoms with E-state index in [0.717, 1.165) is 32.8 Å². The lowest BCUT2D eigenvalue weighted by molar-refractivity contribution is 0.0388. The predicted octanol–water partition coefficient (Wildman–Crippen LogP) is 2.45. The molecule has 7 heteroatoms. The first kappa shape index (κ1) is 15.4. The summed E-state index contributed by atoms with van der Waals surface area (Å²) in [5.41, 5.74) is 0.430. The SMILES string of the molecule is O=C(NCCN1CCOCC1)Nc1c(Cl)cccc1Cl. The molecule has 2 rings (SSSR count). The Labute approximate surface area is 128 Å². The quantitative estimate of drug-likeness (QED) is 0.896. The van der Waals surface area contributed by atoms with E-state index in [1.807, 2.05) is 0 Å². The molecular formula is C13H17Cl2N3O2. The van der Waals surface area contributed by atoms with Crippen molar-refractivity contribution in [1.82, 2.24) is 10.2 Å². The van der Waals surface area contributed by atoms with E-state index in [0.29, 0.717) is 22.3 Å². The fourth-order valence-corrected chi connectivity index (χ4v) is 2.42. The van der Waals surface area contributed by atoms with Gasteiger partial charge in [-0.1, -0.05) is 29.3 Å². The number of hydrogen-bond donors (Lipinski definition) is 2. The molecule has 20 heavy (non-hydrogen) atoms. The fourth-order valence-electron chi connectivity index (χ4n) is 1.93. The molecule has 0 bridgehead atoms. The van der Waals surface area contributed by atoms with Crippen LogP contribution in [0.25, 0.3) is 0 Å². The monoisotopic (exact) mass is 317 g/mol. The fraction of sp³-hybridized carbons (Fsp3) is 0.462. The highest BCUT2D eigenvalue weighted by molar-refractivity contribution is 6.39. The number of nitrogens with one attached hydrogen (secondary N) is 2. The van der Waals surface area contributed by atoms with Crippen LogP contribution in [0.15, 0.2) is 18.2 Å². The summed E-state index contributed by atoms with van der Waals surface area (Å²) in [4.78, 5) is 14.0. The van der Waals surface area contributed by atoms with Crippen LogP contribution in [0.2, 0.25) is 10.0 Å². The van der Waals surface area contributed by atoms with Crippen molar-refractivity contribution in [2.24, 2.45) is 0 Å². The first-order valence-electron chi connectivity index (χ1n) is 6.46. The van der Waals surface area contributed by atoms with E-state index in [1.54, 1.807) is 18.2 Å². The Morgan fingerprint density at radius 3 is 2.55 bits per heavy atom. The van der Waals surface area contributed by atoms with Crippen molar-refractivity contribution in [1.29, 1.82) is 0 Å². The molecule has 1 aliphatic rings. The second-order valence-electron chi connectivity index (χ2n) is 4.43. The Morgan fingerprint density at radius 1 is 1.25 bits per heavy atom. The number of carbonyl (C=O) groups excluding carboxylic acids is 1. The lowest BCUT2D eigenvalue weighted by atomic mass is 10.3. The van der Waals surface area contributed by atoms with Gasteiger partial charge in [0.25, 0.3) is 0 Å². The van der Waals surface area contributed by atoms with Gasteiger partial charge < -0.3 is 15.4 Å². The van der Waals surface area contributed by atoms with E-state index in [9.17, 15) is 4.79 Å². The summed E-state index contributed by atoms with van der Waals surface area (Å²) in [6.07, 6.45) is 0. The molecule has 0 aromatic heterocycles. The molecule has 2 N–H and O–H groups in total.